The molecule has 1 atom stereocenters. The predicted molar refractivity (Wildman–Crippen MR) is 50.3 cm³/mol. The smallest absolute Gasteiger partial charge is 0.212 e. The second-order valence-electron chi connectivity index (χ2n) is 3.13. The zero-order valence-corrected chi connectivity index (χ0v) is 7.69. The lowest BCUT2D eigenvalue weighted by Gasteiger charge is -2.08. The molecular weight excluding hydrogens is 168 g/mol. The lowest BCUT2D eigenvalue weighted by atomic mass is 10.0. The number of nitro groups is 1. The Labute approximate surface area is 77.1 Å². The molecule has 13 heavy (non-hydrogen) atoms. The number of rotatable bonds is 5. The van der Waals surface area contributed by atoms with Gasteiger partial charge >= 0.3 is 0 Å². The van der Waals surface area contributed by atoms with Crippen LogP contribution in [0.4, 0.5) is 0 Å². The number of nitrogens with one attached hydrogen (secondary N) is 1. The molecule has 1 aromatic heterocycles. The molecule has 0 aliphatic carbocycles. The number of aromatic amines is 1. The third-order valence-electron chi connectivity index (χ3n) is 2.07. The Morgan fingerprint density at radius 1 is 1.69 bits per heavy atom. The second kappa shape index (κ2) is 4.64. The van der Waals surface area contributed by atoms with Crippen LogP contribution < -0.4 is 0 Å². The van der Waals surface area contributed by atoms with E-state index >= 15 is 0 Å². The summed E-state index contributed by atoms with van der Waals surface area (Å²) in [5, 5.41) is 10.4. The summed E-state index contributed by atoms with van der Waals surface area (Å²) in [5.41, 5.74) is 0.971. The summed E-state index contributed by atoms with van der Waals surface area (Å²) in [6, 6.07) is 3.78. The Balaban J connectivity index is 2.62. The van der Waals surface area contributed by atoms with E-state index < -0.39 is 0 Å². The fraction of sp³-hybridized carbons (Fsp3) is 0.556. The summed E-state index contributed by atoms with van der Waals surface area (Å²) in [6.45, 7) is 2.06. The highest BCUT2D eigenvalue weighted by Crippen LogP contribution is 2.19. The third-order valence-corrected chi connectivity index (χ3v) is 2.07. The molecule has 0 amide bonds. The van der Waals surface area contributed by atoms with Gasteiger partial charge in [0, 0.05) is 16.8 Å². The van der Waals surface area contributed by atoms with E-state index in [1.54, 1.807) is 6.20 Å². The second-order valence-corrected chi connectivity index (χ2v) is 3.13. The van der Waals surface area contributed by atoms with Gasteiger partial charge in [0.2, 0.25) is 6.54 Å². The molecule has 4 heteroatoms. The van der Waals surface area contributed by atoms with Crippen LogP contribution in [0.2, 0.25) is 0 Å². The molecule has 0 saturated carbocycles. The van der Waals surface area contributed by atoms with Gasteiger partial charge in [-0.25, -0.2) is 0 Å². The molecular formula is C9H14N2O2. The van der Waals surface area contributed by atoms with E-state index in [2.05, 4.69) is 4.98 Å². The maximum Gasteiger partial charge on any atom is 0.212 e. The van der Waals surface area contributed by atoms with Gasteiger partial charge in [-0.15, -0.1) is 0 Å². The standard InChI is InChI=1S/C9H14N2O2/c1-2-4-8(7-11(12)13)9-5-3-6-10-9/h3,5-6,8,10H,2,4,7H2,1H3/t8-/m0/s1. The molecule has 0 aliphatic heterocycles. The molecule has 4 nitrogen and oxygen atoms in total. The number of hydrogen-bond acceptors (Lipinski definition) is 2. The monoisotopic (exact) mass is 182 g/mol. The minimum atomic E-state index is -0.249. The van der Waals surface area contributed by atoms with Gasteiger partial charge < -0.3 is 4.98 Å². The molecule has 0 spiro atoms. The van der Waals surface area contributed by atoms with Crippen molar-refractivity contribution in [2.75, 3.05) is 6.54 Å². The predicted octanol–water partition coefficient (Wildman–Crippen LogP) is 2.18. The van der Waals surface area contributed by atoms with Gasteiger partial charge in [-0.3, -0.25) is 10.1 Å². The molecule has 0 unspecified atom stereocenters. The van der Waals surface area contributed by atoms with Gasteiger partial charge in [-0.1, -0.05) is 13.3 Å². The van der Waals surface area contributed by atoms with E-state index in [9.17, 15) is 10.1 Å². The van der Waals surface area contributed by atoms with Gasteiger partial charge in [0.25, 0.3) is 0 Å². The number of H-pyrrole nitrogens is 1. The van der Waals surface area contributed by atoms with E-state index in [1.807, 2.05) is 19.1 Å². The first-order valence-electron chi connectivity index (χ1n) is 4.49. The minimum Gasteiger partial charge on any atom is -0.365 e. The first-order valence-corrected chi connectivity index (χ1v) is 4.49. The van der Waals surface area contributed by atoms with Crippen molar-refractivity contribution in [3.05, 3.63) is 34.1 Å². The fourth-order valence-corrected chi connectivity index (χ4v) is 1.47. The fourth-order valence-electron chi connectivity index (χ4n) is 1.47. The molecule has 1 heterocycles. The lowest BCUT2D eigenvalue weighted by molar-refractivity contribution is -0.483. The first kappa shape index (κ1) is 9.77. The Bertz CT molecular complexity index is 257. The van der Waals surface area contributed by atoms with Crippen LogP contribution >= 0.6 is 0 Å². The van der Waals surface area contributed by atoms with Crippen LogP contribution in [0.1, 0.15) is 31.4 Å². The number of nitrogens with zero attached hydrogens (tertiary/aromatic N) is 1. The minimum absolute atomic E-state index is 0.0222. The van der Waals surface area contributed by atoms with Gasteiger partial charge in [0.15, 0.2) is 0 Å². The molecule has 0 aliphatic rings. The molecule has 0 saturated heterocycles. The van der Waals surface area contributed by atoms with Crippen LogP contribution in [0.5, 0.6) is 0 Å². The summed E-state index contributed by atoms with van der Waals surface area (Å²) in [4.78, 5) is 13.1. The van der Waals surface area contributed by atoms with Gasteiger partial charge in [-0.05, 0) is 18.6 Å². The molecule has 1 rings (SSSR count). The lowest BCUT2D eigenvalue weighted by Crippen LogP contribution is -2.12. The van der Waals surface area contributed by atoms with E-state index in [0.29, 0.717) is 0 Å². The highest BCUT2D eigenvalue weighted by atomic mass is 16.6. The van der Waals surface area contributed by atoms with Crippen molar-refractivity contribution in [1.82, 2.24) is 4.98 Å². The summed E-state index contributed by atoms with van der Waals surface area (Å²) >= 11 is 0. The Morgan fingerprint density at radius 2 is 2.46 bits per heavy atom. The third kappa shape index (κ3) is 2.89. The van der Waals surface area contributed by atoms with Gasteiger partial charge in [0.05, 0.1) is 5.92 Å². The van der Waals surface area contributed by atoms with Crippen molar-refractivity contribution in [3.63, 3.8) is 0 Å². The maximum absolute atomic E-state index is 10.4. The molecule has 0 radical (unpaired) electrons. The molecule has 1 aromatic rings. The first-order chi connectivity index (χ1) is 6.24. The largest absolute Gasteiger partial charge is 0.365 e. The van der Waals surface area contributed by atoms with Crippen molar-refractivity contribution < 1.29 is 4.92 Å². The van der Waals surface area contributed by atoms with Crippen LogP contribution in [0.3, 0.4) is 0 Å². The highest BCUT2D eigenvalue weighted by molar-refractivity contribution is 5.09. The SMILES string of the molecule is CCC[C@@H](C[N+](=O)[O-])c1ccc[nH]1. The van der Waals surface area contributed by atoms with E-state index in [1.165, 1.54) is 0 Å². The van der Waals surface area contributed by atoms with Gasteiger partial charge in [-0.2, -0.15) is 0 Å². The van der Waals surface area contributed by atoms with Crippen molar-refractivity contribution in [2.45, 2.75) is 25.7 Å². The Kier molecular flexibility index (Phi) is 3.49. The van der Waals surface area contributed by atoms with Crippen LogP contribution in [0.15, 0.2) is 18.3 Å². The molecule has 72 valence electrons. The van der Waals surface area contributed by atoms with Crippen LogP contribution in [-0.2, 0) is 0 Å². The van der Waals surface area contributed by atoms with Crippen LogP contribution in [0, 0.1) is 10.1 Å². The van der Waals surface area contributed by atoms with E-state index in [-0.39, 0.29) is 17.4 Å². The van der Waals surface area contributed by atoms with E-state index in [4.69, 9.17) is 0 Å². The number of aromatic nitrogens is 1. The maximum atomic E-state index is 10.4. The molecule has 0 fully saturated rings. The zero-order chi connectivity index (χ0) is 9.68. The van der Waals surface area contributed by atoms with Crippen molar-refractivity contribution in [3.8, 4) is 0 Å². The topological polar surface area (TPSA) is 58.9 Å². The summed E-state index contributed by atoms with van der Waals surface area (Å²) in [5.74, 6) is 0.0370. The quantitative estimate of drug-likeness (QED) is 0.560. The summed E-state index contributed by atoms with van der Waals surface area (Å²) < 4.78 is 0. The molecule has 1 N–H and O–H groups in total. The molecule has 0 aromatic carbocycles. The van der Waals surface area contributed by atoms with Crippen molar-refractivity contribution in [2.24, 2.45) is 0 Å². The average molecular weight is 182 g/mol. The van der Waals surface area contributed by atoms with Crippen molar-refractivity contribution >= 4 is 0 Å². The van der Waals surface area contributed by atoms with E-state index in [0.717, 1.165) is 18.5 Å². The average Bonchev–Trinajstić information content (AvgIpc) is 2.54. The normalized spacial score (nSPS) is 12.7. The summed E-state index contributed by atoms with van der Waals surface area (Å²) in [6.07, 6.45) is 3.64. The zero-order valence-electron chi connectivity index (χ0n) is 7.69. The number of hydrogen-bond donors (Lipinski definition) is 1. The van der Waals surface area contributed by atoms with Gasteiger partial charge in [0.1, 0.15) is 0 Å². The van der Waals surface area contributed by atoms with Crippen molar-refractivity contribution in [1.29, 1.82) is 0 Å². The Morgan fingerprint density at radius 3 is 2.92 bits per heavy atom. The highest BCUT2D eigenvalue weighted by Gasteiger charge is 2.16. The molecule has 0 bridgehead atoms. The van der Waals surface area contributed by atoms with Crippen LogP contribution in [-0.4, -0.2) is 16.5 Å². The van der Waals surface area contributed by atoms with Crippen LogP contribution in [0.25, 0.3) is 0 Å². The summed E-state index contributed by atoms with van der Waals surface area (Å²) in [7, 11) is 0. The Hall–Kier alpha value is -1.32.